The summed E-state index contributed by atoms with van der Waals surface area (Å²) in [6.07, 6.45) is -2.90. The molecule has 716 valence electrons. The number of hydrogen-bond acceptors (Lipinski definition) is 24. The third kappa shape index (κ3) is 30.7. The highest BCUT2D eigenvalue weighted by molar-refractivity contribution is 8.77. The van der Waals surface area contributed by atoms with Crippen molar-refractivity contribution < 1.29 is 106 Å². The Labute approximate surface area is 773 Å². The summed E-state index contributed by atoms with van der Waals surface area (Å²) in [5.41, 5.74) is 23.2. The molecule has 133 heavy (non-hydrogen) atoms. The fraction of sp³-hybridized carbons (Fsp3) is 0.461. The van der Waals surface area contributed by atoms with E-state index in [1.165, 1.54) is 78.3 Å². The van der Waals surface area contributed by atoms with Gasteiger partial charge in [0.25, 0.3) is 0 Å². The molecule has 12 atom stereocenters. The molecule has 6 aromatic rings. The number of carbonyl (C=O) groups excluding carboxylic acids is 18. The standard InChI is InChI=1S/C89H116N20O22S2/c1-46-16-14-20-57-56(44-96-70(46)57)40-62-78(122)98-58(21-12-13-33-95-48(3)111)76(120)107-73(88(7,8)133-132-87(5,6)72(97-49(4)112)83(127)103-64(42-67(91)114)80(124)106-71(47(2)110)82(126)101-62)84(128)102-60(37-50-22-26-54(27-23-50)74(93)118)77(121)99-61(38-51-24-25-53-18-10-11-19-55(53)36-51)81(125)108-89(30-34-131-35-31-89)86(130)105-59(28-29-69(116)117)75(119)100-63(41-66(90)113)79(123)104-65(39-52-17-15-32-94-43-52)85(129)109(9)45-68(92)115/h10-11,14-20,22-27,32,36,43-44,47,58-65,71-73,96,110H,12-13,21,28-31,33-35,37-42,45H2,1-9H3,(H2,90,113)(H2,91,114)(H2,92,115)(H2,93,118)(H,95,111)(H,97,112)(H,98,122)(H,99,121)(H,100,119)(H,101,126)(H,102,128)(H,103,127)(H,104,123)(H,105,130)(H,106,124)(H,107,120)(H,108,125)(H,116,117)/t47-,58+,59+,60+,61+,62+,63+,64+,65+,71+,72-,73-/m1/s1. The molecule has 0 unspecified atom stereocenters. The second-order valence-electron chi connectivity index (χ2n) is 34.0. The van der Waals surface area contributed by atoms with Crippen molar-refractivity contribution in [1.29, 1.82) is 0 Å². The summed E-state index contributed by atoms with van der Waals surface area (Å²) in [5, 5.41) is 57.3. The molecule has 2 saturated heterocycles. The molecule has 8 rings (SSSR count). The summed E-state index contributed by atoms with van der Waals surface area (Å²) < 4.78 is 2.40. The SMILES string of the molecule is CC(=O)NCCCC[C@@H]1NC(=O)[C@H](Cc2c[nH]c3c(C)cccc23)NC(=O)[C@H]([C@@H](C)O)NC(=O)[C@H](CC(N)=O)NC(=O)[C@@H](NC(C)=O)C(C)(C)SSC(C)(C)[C@@H](C(=O)N[C@@H](Cc2ccc(C(N)=O)cc2)C(=O)N[C@@H](Cc2ccc3ccccc3c2)C(=O)NC2(C(=O)N[C@@H](CCC(=O)O)C(=O)N[C@@H](CC(N)=O)C(=O)N[C@@H](Cc3cccnc3)C(=O)N(C)CC(N)=O)CCOCC2)NC1=O. The molecule has 2 aromatic heterocycles. The van der Waals surface area contributed by atoms with Gasteiger partial charge in [0, 0.05) is 130 Å². The van der Waals surface area contributed by atoms with Gasteiger partial charge in [-0.1, -0.05) is 100 Å². The number of nitrogens with one attached hydrogen (secondary N) is 14. The smallest absolute Gasteiger partial charge is 0.303 e. The average Bonchev–Trinajstić information content (AvgIpc) is 1.44. The minimum Gasteiger partial charge on any atom is -0.481 e. The number of carbonyl (C=O) groups is 19. The number of aryl methyl sites for hydroxylation is 1. The quantitative estimate of drug-likeness (QED) is 0.0142. The second kappa shape index (κ2) is 48.0. The molecule has 18 amide bonds. The van der Waals surface area contributed by atoms with Crippen LogP contribution in [0.4, 0.5) is 0 Å². The van der Waals surface area contributed by atoms with E-state index in [0.29, 0.717) is 33.0 Å². The average molecular weight is 1880 g/mol. The number of pyridine rings is 1. The van der Waals surface area contributed by atoms with Crippen LogP contribution in [0.2, 0.25) is 0 Å². The molecule has 0 saturated carbocycles. The van der Waals surface area contributed by atoms with Crippen LogP contribution in [0.3, 0.4) is 0 Å². The van der Waals surface area contributed by atoms with Gasteiger partial charge in [-0.25, -0.2) is 0 Å². The molecule has 2 fully saturated rings. The lowest BCUT2D eigenvalue weighted by atomic mass is 9.87. The van der Waals surface area contributed by atoms with E-state index in [2.05, 4.69) is 79.1 Å². The number of aromatic nitrogens is 2. The second-order valence-corrected chi connectivity index (χ2v) is 37.4. The van der Waals surface area contributed by atoms with E-state index < -0.39 is 239 Å². The van der Waals surface area contributed by atoms with E-state index in [0.717, 1.165) is 51.3 Å². The van der Waals surface area contributed by atoms with E-state index in [1.54, 1.807) is 66.9 Å². The van der Waals surface area contributed by atoms with E-state index in [9.17, 15) is 72.5 Å². The van der Waals surface area contributed by atoms with E-state index in [-0.39, 0.29) is 81.7 Å². The number of rotatable bonds is 38. The zero-order chi connectivity index (χ0) is 97.9. The van der Waals surface area contributed by atoms with Gasteiger partial charge >= 0.3 is 5.97 Å². The highest BCUT2D eigenvalue weighted by Gasteiger charge is 2.49. The van der Waals surface area contributed by atoms with Crippen LogP contribution in [0.5, 0.6) is 0 Å². The minimum atomic E-state index is -2.12. The van der Waals surface area contributed by atoms with Crippen molar-refractivity contribution in [3.63, 3.8) is 0 Å². The van der Waals surface area contributed by atoms with Crippen molar-refractivity contribution in [1.82, 2.24) is 84.0 Å². The summed E-state index contributed by atoms with van der Waals surface area (Å²) in [5.74, 6) is -20.0. The van der Waals surface area contributed by atoms with Crippen LogP contribution in [0.15, 0.2) is 116 Å². The maximum absolute atomic E-state index is 16.3. The minimum absolute atomic E-state index is 0.0158. The Morgan fingerprint density at radius 2 is 1.20 bits per heavy atom. The number of H-pyrrole nitrogens is 1. The van der Waals surface area contributed by atoms with Gasteiger partial charge in [-0.2, -0.15) is 0 Å². The highest BCUT2D eigenvalue weighted by atomic mass is 33.1. The van der Waals surface area contributed by atoms with Crippen LogP contribution < -0.4 is 92.1 Å². The number of aliphatic carboxylic acids is 1. The van der Waals surface area contributed by atoms with Crippen LogP contribution >= 0.6 is 21.6 Å². The maximum atomic E-state index is 16.3. The monoisotopic (exact) mass is 1880 g/mol. The van der Waals surface area contributed by atoms with E-state index in [1.807, 2.05) is 19.1 Å². The molecule has 0 radical (unpaired) electrons. The van der Waals surface area contributed by atoms with Crippen molar-refractivity contribution in [2.45, 2.75) is 226 Å². The Balaban J connectivity index is 1.22. The summed E-state index contributed by atoms with van der Waals surface area (Å²) in [6.45, 7) is 10.3. The van der Waals surface area contributed by atoms with Gasteiger partial charge in [-0.3, -0.25) is 96.1 Å². The van der Waals surface area contributed by atoms with Crippen molar-refractivity contribution >= 4 is 156 Å². The van der Waals surface area contributed by atoms with Crippen LogP contribution in [-0.2, 0) is 117 Å². The Kier molecular flexibility index (Phi) is 37.8. The van der Waals surface area contributed by atoms with E-state index in [4.69, 9.17) is 27.7 Å². The Morgan fingerprint density at radius 1 is 0.602 bits per heavy atom. The normalized spacial score (nSPS) is 19.6. The summed E-state index contributed by atoms with van der Waals surface area (Å²) >= 11 is 0. The summed E-state index contributed by atoms with van der Waals surface area (Å²) in [4.78, 5) is 278. The number of likely N-dealkylation sites (N-methyl/N-ethyl adjacent to an activating group) is 1. The number of unbranched alkanes of at least 4 members (excludes halogenated alkanes) is 1. The molecule has 42 nitrogen and oxygen atoms in total. The Morgan fingerprint density at radius 3 is 1.83 bits per heavy atom. The molecule has 0 bridgehead atoms. The lowest BCUT2D eigenvalue weighted by Gasteiger charge is -2.39. The third-order valence-corrected chi connectivity index (χ3v) is 26.6. The highest BCUT2D eigenvalue weighted by Crippen LogP contribution is 2.47. The zero-order valence-corrected chi connectivity index (χ0v) is 76.6. The number of nitrogens with two attached hydrogens (primary N) is 4. The molecule has 4 heterocycles. The number of aromatic amines is 1. The van der Waals surface area contributed by atoms with Gasteiger partial charge in [-0.15, -0.1) is 0 Å². The number of hydrogen-bond donors (Lipinski definition) is 20. The number of primary amides is 4. The van der Waals surface area contributed by atoms with Gasteiger partial charge in [-0.05, 0) is 124 Å². The van der Waals surface area contributed by atoms with Gasteiger partial charge in [0.15, 0.2) is 0 Å². The predicted molar refractivity (Wildman–Crippen MR) is 488 cm³/mol. The first-order chi connectivity index (χ1) is 62.7. The molecular weight excluding hydrogens is 1770 g/mol. The molecule has 2 aliphatic heterocycles. The number of para-hydroxylation sites is 1. The Hall–Kier alpha value is -13.6. The first-order valence-electron chi connectivity index (χ1n) is 42.9. The molecule has 4 aromatic carbocycles. The van der Waals surface area contributed by atoms with Crippen molar-refractivity contribution in [2.24, 2.45) is 22.9 Å². The van der Waals surface area contributed by atoms with Crippen LogP contribution in [0, 0.1) is 6.92 Å². The van der Waals surface area contributed by atoms with Gasteiger partial charge < -0.3 is 117 Å². The fourth-order valence-electron chi connectivity index (χ4n) is 15.1. The first-order valence-corrected chi connectivity index (χ1v) is 45.0. The number of nitrogens with zero attached hydrogens (tertiary/aromatic N) is 2. The van der Waals surface area contributed by atoms with Crippen LogP contribution in [0.25, 0.3) is 21.7 Å². The largest absolute Gasteiger partial charge is 0.481 e. The number of ether oxygens (including phenoxy) is 1. The van der Waals surface area contributed by atoms with Crippen LogP contribution in [-0.4, -0.2) is 258 Å². The first kappa shape index (κ1) is 105. The number of carboxylic acids is 1. The molecule has 24 N–H and O–H groups in total. The van der Waals surface area contributed by atoms with Crippen LogP contribution in [0.1, 0.15) is 144 Å². The van der Waals surface area contributed by atoms with Crippen molar-refractivity contribution in [3.05, 3.63) is 149 Å². The molecular formula is C89H116N20O22S2. The lowest BCUT2D eigenvalue weighted by Crippen LogP contribution is -2.67. The number of aliphatic hydroxyl groups excluding tert-OH is 1. The molecule has 44 heteroatoms. The predicted octanol–water partition coefficient (Wildman–Crippen LogP) is -2.39. The number of fused-ring (bicyclic) bond motifs is 2. The fourth-order valence-corrected chi connectivity index (χ4v) is 17.9. The molecule has 2 aliphatic rings. The molecule has 0 spiro atoms. The van der Waals surface area contributed by atoms with Gasteiger partial charge in [0.1, 0.15) is 72.0 Å². The maximum Gasteiger partial charge on any atom is 0.303 e. The number of benzene rings is 4. The number of carboxylic acid groups (broad SMARTS) is 1. The van der Waals surface area contributed by atoms with Crippen molar-refractivity contribution in [3.8, 4) is 0 Å². The summed E-state index contributed by atoms with van der Waals surface area (Å²) in [6, 6.07) is 6.37. The van der Waals surface area contributed by atoms with E-state index >= 15 is 28.8 Å². The zero-order valence-electron chi connectivity index (χ0n) is 75.0. The number of aliphatic hydroxyl groups is 1. The topological polar surface area (TPSA) is 666 Å². The molecule has 0 aliphatic carbocycles. The third-order valence-electron chi connectivity index (χ3n) is 22.3. The summed E-state index contributed by atoms with van der Waals surface area (Å²) in [7, 11) is 2.96. The van der Waals surface area contributed by atoms with Gasteiger partial charge in [0.2, 0.25) is 106 Å². The Bertz CT molecular complexity index is 5320. The number of amides is 18. The van der Waals surface area contributed by atoms with Gasteiger partial charge in [0.05, 0.1) is 25.5 Å². The van der Waals surface area contributed by atoms with Crippen molar-refractivity contribution in [2.75, 3.05) is 33.4 Å². The lowest BCUT2D eigenvalue weighted by molar-refractivity contribution is -0.142.